The topological polar surface area (TPSA) is 9.23 Å². The lowest BCUT2D eigenvalue weighted by atomic mass is 9.83. The van der Waals surface area contributed by atoms with Crippen LogP contribution in [-0.2, 0) is 4.52 Å². The summed E-state index contributed by atoms with van der Waals surface area (Å²) in [6.45, 7) is 5.87. The smallest absolute Gasteiger partial charge is 0.200 e. The quantitative estimate of drug-likeness (QED) is 0.161. The fraction of sp³-hybridized carbons (Fsp3) is 0.467. The van der Waals surface area contributed by atoms with Crippen LogP contribution in [0.15, 0.2) is 17.0 Å². The molecule has 1 aliphatic carbocycles. The molecule has 0 N–H and O–H groups in total. The molecule has 1 aliphatic rings. The van der Waals surface area contributed by atoms with Crippen molar-refractivity contribution in [1.82, 2.24) is 0 Å². The zero-order valence-corrected chi connectivity index (χ0v) is 15.4. The third-order valence-electron chi connectivity index (χ3n) is 3.96. The van der Waals surface area contributed by atoms with E-state index in [1.165, 1.54) is 0 Å². The summed E-state index contributed by atoms with van der Waals surface area (Å²) in [5.41, 5.74) is 1.07. The molecule has 1 aromatic carbocycles. The van der Waals surface area contributed by atoms with Gasteiger partial charge >= 0.3 is 0 Å². The zero-order valence-electron chi connectivity index (χ0n) is 12.7. The fourth-order valence-corrected chi connectivity index (χ4v) is 5.28. The van der Waals surface area contributed by atoms with Crippen LogP contribution in [0.4, 0.5) is 22.0 Å². The molecule has 0 heterocycles. The highest BCUT2D eigenvalue weighted by atomic mass is 32.7. The average Bonchev–Trinajstić information content (AvgIpc) is 2.55. The normalized spacial score (nSPS) is 24.7. The summed E-state index contributed by atoms with van der Waals surface area (Å²) < 4.78 is 71.9. The first-order chi connectivity index (χ1) is 11.2. The number of hydrogen-bond donors (Lipinski definition) is 1. The third kappa shape index (κ3) is 4.26. The van der Waals surface area contributed by atoms with E-state index in [1.54, 1.807) is 0 Å². The highest BCUT2D eigenvalue weighted by Crippen LogP contribution is 2.45. The van der Waals surface area contributed by atoms with Gasteiger partial charge in [-0.15, -0.1) is 0 Å². The van der Waals surface area contributed by atoms with Gasteiger partial charge in [-0.3, -0.25) is 0 Å². The Morgan fingerprint density at radius 3 is 2.12 bits per heavy atom. The summed E-state index contributed by atoms with van der Waals surface area (Å²) in [5, 5.41) is -0.0649. The van der Waals surface area contributed by atoms with Gasteiger partial charge in [-0.25, -0.2) is 22.0 Å². The molecule has 1 fully saturated rings. The first kappa shape index (κ1) is 20.0. The van der Waals surface area contributed by atoms with Crippen molar-refractivity contribution in [2.75, 3.05) is 0 Å². The molecule has 24 heavy (non-hydrogen) atoms. The van der Waals surface area contributed by atoms with Crippen molar-refractivity contribution in [3.63, 3.8) is 0 Å². The van der Waals surface area contributed by atoms with Crippen molar-refractivity contribution in [3.8, 4) is 0 Å². The number of benzene rings is 1. The van der Waals surface area contributed by atoms with Crippen LogP contribution in [-0.4, -0.2) is 11.4 Å². The minimum atomic E-state index is -2.16. The van der Waals surface area contributed by atoms with Gasteiger partial charge in [-0.1, -0.05) is 23.5 Å². The van der Waals surface area contributed by atoms with Gasteiger partial charge in [0.2, 0.25) is 5.82 Å². The summed E-state index contributed by atoms with van der Waals surface area (Å²) in [6.07, 6.45) is 2.13. The van der Waals surface area contributed by atoms with Crippen LogP contribution in [0.1, 0.15) is 26.2 Å². The summed E-state index contributed by atoms with van der Waals surface area (Å²) >= 11 is 4.94. The number of thiol groups is 1. The van der Waals surface area contributed by atoms with Crippen LogP contribution in [0.5, 0.6) is 0 Å². The monoisotopic (exact) mass is 402 g/mol. The second-order valence-corrected chi connectivity index (χ2v) is 8.45. The second-order valence-electron chi connectivity index (χ2n) is 5.66. The number of hydrogen-bond acceptors (Lipinski definition) is 3. The van der Waals surface area contributed by atoms with Gasteiger partial charge in [0.15, 0.2) is 23.3 Å². The van der Waals surface area contributed by atoms with Crippen molar-refractivity contribution in [3.05, 3.63) is 41.2 Å². The molecule has 4 unspecified atom stereocenters. The lowest BCUT2D eigenvalue weighted by Crippen LogP contribution is -2.30. The largest absolute Gasteiger partial charge is 0.347 e. The number of rotatable bonds is 5. The average molecular weight is 402 g/mol. The van der Waals surface area contributed by atoms with E-state index >= 15 is 0 Å². The van der Waals surface area contributed by atoms with Crippen LogP contribution < -0.4 is 0 Å². The molecule has 9 heteroatoms. The van der Waals surface area contributed by atoms with Crippen LogP contribution in [0.25, 0.3) is 0 Å². The van der Waals surface area contributed by atoms with Crippen molar-refractivity contribution >= 4 is 32.0 Å². The molecule has 0 bridgehead atoms. The van der Waals surface area contributed by atoms with Gasteiger partial charge in [0, 0.05) is 5.25 Å². The Labute approximate surface area is 148 Å². The molecule has 0 aliphatic heterocycles. The minimum absolute atomic E-state index is 0.0649. The Morgan fingerprint density at radius 2 is 1.62 bits per heavy atom. The molecular formula is C15H16F5OPS2. The molecule has 0 aromatic heterocycles. The molecule has 0 amide bonds. The van der Waals surface area contributed by atoms with Crippen LogP contribution in [0, 0.1) is 35.0 Å². The van der Waals surface area contributed by atoms with E-state index in [4.69, 9.17) is 4.52 Å². The maximum atomic E-state index is 13.6. The molecule has 2 rings (SSSR count). The van der Waals surface area contributed by atoms with Crippen LogP contribution >= 0.6 is 32.0 Å². The van der Waals surface area contributed by atoms with Gasteiger partial charge in [0.25, 0.3) is 0 Å². The summed E-state index contributed by atoms with van der Waals surface area (Å²) in [6, 6.07) is 0. The molecule has 1 saturated carbocycles. The third-order valence-corrected chi connectivity index (χ3v) is 6.70. The van der Waals surface area contributed by atoms with E-state index in [-0.39, 0.29) is 11.4 Å². The van der Waals surface area contributed by atoms with E-state index in [1.807, 2.05) is 6.92 Å². The highest BCUT2D eigenvalue weighted by Gasteiger charge is 2.30. The van der Waals surface area contributed by atoms with Crippen molar-refractivity contribution < 1.29 is 26.5 Å². The lowest BCUT2D eigenvalue weighted by Gasteiger charge is -2.33. The van der Waals surface area contributed by atoms with Gasteiger partial charge in [0.05, 0.1) is 19.0 Å². The Morgan fingerprint density at radius 1 is 1.08 bits per heavy atom. The van der Waals surface area contributed by atoms with Crippen molar-refractivity contribution in [2.45, 2.75) is 42.4 Å². The van der Waals surface area contributed by atoms with E-state index < -0.39 is 42.0 Å². The predicted molar refractivity (Wildman–Crippen MR) is 90.2 cm³/mol. The summed E-state index contributed by atoms with van der Waals surface area (Å²) in [7, 11) is -0.495. The van der Waals surface area contributed by atoms with Crippen LogP contribution in [0.3, 0.4) is 0 Å². The van der Waals surface area contributed by atoms with Gasteiger partial charge < -0.3 is 4.52 Å². The van der Waals surface area contributed by atoms with E-state index in [0.717, 1.165) is 18.4 Å². The fourth-order valence-electron chi connectivity index (χ4n) is 2.51. The van der Waals surface area contributed by atoms with Gasteiger partial charge in [-0.05, 0) is 32.1 Å². The molecule has 1 aromatic rings. The number of halogens is 5. The van der Waals surface area contributed by atoms with Crippen molar-refractivity contribution in [2.24, 2.45) is 5.92 Å². The number of allylic oxidation sites excluding steroid dienone is 1. The summed E-state index contributed by atoms with van der Waals surface area (Å²) in [5.74, 6) is -9.36. The maximum Gasteiger partial charge on any atom is 0.200 e. The standard InChI is InChI=1S/C15H16F5OPS2/c1-6(2)7-3-4-8(9(23)5-7)21-22-24-15-13(19)11(17)10(16)12(18)14(15)20/h7-9,22-23H,1,3-5H2,2H3. The Bertz CT molecular complexity index is 614. The van der Waals surface area contributed by atoms with Crippen molar-refractivity contribution in [1.29, 1.82) is 0 Å². The molecule has 0 radical (unpaired) electrons. The molecule has 0 spiro atoms. The van der Waals surface area contributed by atoms with E-state index in [9.17, 15) is 22.0 Å². The van der Waals surface area contributed by atoms with E-state index in [0.29, 0.717) is 23.7 Å². The Kier molecular flexibility index (Phi) is 7.00. The lowest BCUT2D eigenvalue weighted by molar-refractivity contribution is 0.171. The van der Waals surface area contributed by atoms with Gasteiger partial charge in [-0.2, -0.15) is 12.6 Å². The molecule has 134 valence electrons. The molecule has 4 atom stereocenters. The molecule has 1 nitrogen and oxygen atoms in total. The zero-order chi connectivity index (χ0) is 18.0. The first-order valence-corrected chi connectivity index (χ1v) is 10.1. The predicted octanol–water partition coefficient (Wildman–Crippen LogP) is 6.04. The minimum Gasteiger partial charge on any atom is -0.347 e. The second kappa shape index (κ2) is 8.39. The SMILES string of the molecule is C=C(C)C1CCC(OPSc2c(F)c(F)c(F)c(F)c2F)C(S)C1. The molecular weight excluding hydrogens is 386 g/mol. The van der Waals surface area contributed by atoms with E-state index in [2.05, 4.69) is 19.2 Å². The molecule has 0 saturated heterocycles. The summed E-state index contributed by atoms with van der Waals surface area (Å²) in [4.78, 5) is -0.920. The first-order valence-electron chi connectivity index (χ1n) is 7.16. The van der Waals surface area contributed by atoms with Crippen LogP contribution in [0.2, 0.25) is 0 Å². The Balaban J connectivity index is 1.97. The Hall–Kier alpha value is -0.300. The van der Waals surface area contributed by atoms with Gasteiger partial charge in [0.1, 0.15) is 0 Å². The highest BCUT2D eigenvalue weighted by molar-refractivity contribution is 8.48. The maximum absolute atomic E-state index is 13.6.